The second kappa shape index (κ2) is 27.4. The van der Waals surface area contributed by atoms with E-state index in [1.54, 1.807) is 0 Å². The fourth-order valence-corrected chi connectivity index (χ4v) is 4.21. The van der Waals surface area contributed by atoms with Crippen molar-refractivity contribution in [3.63, 3.8) is 0 Å². The summed E-state index contributed by atoms with van der Waals surface area (Å²) in [5.74, 6) is -0.00388. The molecule has 0 bridgehead atoms. The summed E-state index contributed by atoms with van der Waals surface area (Å²) >= 11 is 0. The maximum Gasteiger partial charge on any atom is 0.305 e. The topological polar surface area (TPSA) is 46.5 Å². The van der Waals surface area contributed by atoms with Crippen molar-refractivity contribution in [2.75, 3.05) is 6.61 Å². The molecular weight excluding hydrogens is 408 g/mol. The molecule has 196 valence electrons. The molecule has 3 heteroatoms. The van der Waals surface area contributed by atoms with Crippen molar-refractivity contribution in [3.05, 3.63) is 12.2 Å². The van der Waals surface area contributed by atoms with Gasteiger partial charge in [-0.25, -0.2) is 0 Å². The lowest BCUT2D eigenvalue weighted by atomic mass is 10.1. The number of allylic oxidation sites excluding steroid dienone is 1. The van der Waals surface area contributed by atoms with Crippen molar-refractivity contribution < 1.29 is 14.6 Å². The number of hydrogen-bond acceptors (Lipinski definition) is 3. The van der Waals surface area contributed by atoms with Gasteiger partial charge in [0.15, 0.2) is 0 Å². The van der Waals surface area contributed by atoms with Crippen molar-refractivity contribution in [1.82, 2.24) is 0 Å². The number of rotatable bonds is 26. The van der Waals surface area contributed by atoms with Crippen LogP contribution in [0.15, 0.2) is 12.2 Å². The first kappa shape index (κ1) is 32.2. The molecule has 0 aliphatic rings. The number of esters is 1. The molecule has 0 amide bonds. The smallest absolute Gasteiger partial charge is 0.305 e. The molecule has 0 aliphatic heterocycles. The predicted octanol–water partition coefficient (Wildman–Crippen LogP) is 9.46. The molecule has 0 aromatic rings. The Morgan fingerprint density at radius 1 is 0.667 bits per heavy atom. The highest BCUT2D eigenvalue weighted by Crippen LogP contribution is 2.12. The molecule has 0 saturated carbocycles. The summed E-state index contributed by atoms with van der Waals surface area (Å²) in [6.45, 7) is 5.08. The zero-order valence-electron chi connectivity index (χ0n) is 22.5. The van der Waals surface area contributed by atoms with Crippen LogP contribution in [0, 0.1) is 0 Å². The van der Waals surface area contributed by atoms with E-state index in [-0.39, 0.29) is 12.1 Å². The Morgan fingerprint density at radius 2 is 1.18 bits per heavy atom. The minimum absolute atomic E-state index is 0.00388. The number of carbonyl (C=O) groups is 1. The highest BCUT2D eigenvalue weighted by atomic mass is 16.5. The lowest BCUT2D eigenvalue weighted by Gasteiger charge is -2.07. The SMILES string of the molecule is CCCCCCCCCCOC(=O)CCCCCCCCC/C=C\C[C@H](O)CCCCCC. The molecule has 0 radical (unpaired) electrons. The molecule has 3 nitrogen and oxygen atoms in total. The number of hydrogen-bond donors (Lipinski definition) is 1. The Kier molecular flexibility index (Phi) is 26.7. The van der Waals surface area contributed by atoms with Gasteiger partial charge in [0.25, 0.3) is 0 Å². The molecule has 1 atom stereocenters. The zero-order valence-corrected chi connectivity index (χ0v) is 22.5. The van der Waals surface area contributed by atoms with Gasteiger partial charge in [-0.05, 0) is 38.5 Å². The van der Waals surface area contributed by atoms with Gasteiger partial charge in [-0.15, -0.1) is 0 Å². The Bertz CT molecular complexity index is 419. The Labute approximate surface area is 207 Å². The van der Waals surface area contributed by atoms with E-state index in [0.29, 0.717) is 13.0 Å². The van der Waals surface area contributed by atoms with E-state index >= 15 is 0 Å². The molecule has 1 N–H and O–H groups in total. The van der Waals surface area contributed by atoms with Crippen LogP contribution in [0.2, 0.25) is 0 Å². The second-order valence-corrected chi connectivity index (χ2v) is 9.92. The largest absolute Gasteiger partial charge is 0.466 e. The van der Waals surface area contributed by atoms with Gasteiger partial charge in [-0.1, -0.05) is 129 Å². The summed E-state index contributed by atoms with van der Waals surface area (Å²) in [4.78, 5) is 11.8. The average molecular weight is 467 g/mol. The van der Waals surface area contributed by atoms with Crippen molar-refractivity contribution >= 4 is 5.97 Å². The molecular formula is C30H58O3. The molecule has 0 fully saturated rings. The van der Waals surface area contributed by atoms with Crippen molar-refractivity contribution in [3.8, 4) is 0 Å². The molecule has 33 heavy (non-hydrogen) atoms. The van der Waals surface area contributed by atoms with Gasteiger partial charge in [0, 0.05) is 6.42 Å². The number of aliphatic hydroxyl groups excluding tert-OH is 1. The highest BCUT2D eigenvalue weighted by molar-refractivity contribution is 5.69. The Hall–Kier alpha value is -0.830. The third kappa shape index (κ3) is 27.3. The van der Waals surface area contributed by atoms with Crippen LogP contribution in [0.5, 0.6) is 0 Å². The maximum atomic E-state index is 11.8. The summed E-state index contributed by atoms with van der Waals surface area (Å²) in [6, 6.07) is 0. The molecule has 0 rings (SSSR count). The molecule has 0 aromatic heterocycles. The summed E-state index contributed by atoms with van der Waals surface area (Å²) < 4.78 is 5.36. The molecule has 0 aliphatic carbocycles. The third-order valence-corrected chi connectivity index (χ3v) is 6.48. The molecule has 0 heterocycles. The Morgan fingerprint density at radius 3 is 1.82 bits per heavy atom. The van der Waals surface area contributed by atoms with Crippen LogP contribution in [-0.4, -0.2) is 23.8 Å². The number of aliphatic hydroxyl groups is 1. The summed E-state index contributed by atoms with van der Waals surface area (Å²) in [7, 11) is 0. The summed E-state index contributed by atoms with van der Waals surface area (Å²) in [6.07, 6.45) is 31.3. The normalized spacial score (nSPS) is 12.5. The predicted molar refractivity (Wildman–Crippen MR) is 144 cm³/mol. The lowest BCUT2D eigenvalue weighted by molar-refractivity contribution is -0.143. The zero-order chi connectivity index (χ0) is 24.2. The fourth-order valence-electron chi connectivity index (χ4n) is 4.21. The maximum absolute atomic E-state index is 11.8. The average Bonchev–Trinajstić information content (AvgIpc) is 2.81. The minimum atomic E-state index is -0.152. The van der Waals surface area contributed by atoms with Crippen LogP contribution in [0.4, 0.5) is 0 Å². The van der Waals surface area contributed by atoms with Gasteiger partial charge in [0.05, 0.1) is 12.7 Å². The fraction of sp³-hybridized carbons (Fsp3) is 0.900. The number of ether oxygens (including phenoxy) is 1. The highest BCUT2D eigenvalue weighted by Gasteiger charge is 2.03. The van der Waals surface area contributed by atoms with E-state index in [9.17, 15) is 9.90 Å². The second-order valence-electron chi connectivity index (χ2n) is 9.92. The van der Waals surface area contributed by atoms with Gasteiger partial charge in [-0.3, -0.25) is 4.79 Å². The summed E-state index contributed by atoms with van der Waals surface area (Å²) in [5, 5.41) is 9.95. The standard InChI is InChI=1S/C30H58O3/c1-3-5-7-9-10-17-20-24-28-33-30(32)27-23-19-16-14-12-11-13-15-18-22-26-29(31)25-21-8-6-4-2/h18,22,29,31H,3-17,19-21,23-28H2,1-2H3/b22-18-/t29-/m1/s1. The first-order valence-electron chi connectivity index (χ1n) is 14.7. The van der Waals surface area contributed by atoms with Crippen LogP contribution in [0.3, 0.4) is 0 Å². The van der Waals surface area contributed by atoms with Crippen LogP contribution < -0.4 is 0 Å². The van der Waals surface area contributed by atoms with Gasteiger partial charge in [0.1, 0.15) is 0 Å². The van der Waals surface area contributed by atoms with Crippen LogP contribution in [0.1, 0.15) is 162 Å². The third-order valence-electron chi connectivity index (χ3n) is 6.48. The van der Waals surface area contributed by atoms with E-state index in [1.165, 1.54) is 96.3 Å². The quantitative estimate of drug-likeness (QED) is 0.0784. The van der Waals surface area contributed by atoms with E-state index in [2.05, 4.69) is 26.0 Å². The van der Waals surface area contributed by atoms with E-state index in [4.69, 9.17) is 4.74 Å². The van der Waals surface area contributed by atoms with Crippen LogP contribution in [-0.2, 0) is 9.53 Å². The van der Waals surface area contributed by atoms with Gasteiger partial charge < -0.3 is 9.84 Å². The van der Waals surface area contributed by atoms with E-state index in [1.807, 2.05) is 0 Å². The molecule has 0 unspecified atom stereocenters. The molecule has 0 spiro atoms. The number of unbranched alkanes of at least 4 members (excludes halogenated alkanes) is 17. The first-order valence-corrected chi connectivity index (χ1v) is 14.7. The monoisotopic (exact) mass is 466 g/mol. The number of carbonyl (C=O) groups excluding carboxylic acids is 1. The van der Waals surface area contributed by atoms with Crippen LogP contribution >= 0.6 is 0 Å². The minimum Gasteiger partial charge on any atom is -0.466 e. The van der Waals surface area contributed by atoms with Crippen LogP contribution in [0.25, 0.3) is 0 Å². The lowest BCUT2D eigenvalue weighted by Crippen LogP contribution is -2.05. The molecule has 0 saturated heterocycles. The van der Waals surface area contributed by atoms with Gasteiger partial charge >= 0.3 is 5.97 Å². The van der Waals surface area contributed by atoms with Crippen molar-refractivity contribution in [1.29, 1.82) is 0 Å². The van der Waals surface area contributed by atoms with Crippen molar-refractivity contribution in [2.24, 2.45) is 0 Å². The Balaban J connectivity index is 3.27. The van der Waals surface area contributed by atoms with Gasteiger partial charge in [0.2, 0.25) is 0 Å². The molecule has 0 aromatic carbocycles. The first-order chi connectivity index (χ1) is 16.2. The van der Waals surface area contributed by atoms with E-state index < -0.39 is 0 Å². The van der Waals surface area contributed by atoms with Gasteiger partial charge in [-0.2, -0.15) is 0 Å². The van der Waals surface area contributed by atoms with E-state index in [0.717, 1.165) is 44.9 Å². The summed E-state index contributed by atoms with van der Waals surface area (Å²) in [5.41, 5.74) is 0. The van der Waals surface area contributed by atoms with Crippen molar-refractivity contribution in [2.45, 2.75) is 168 Å².